The minimum atomic E-state index is -1.18. The maximum atomic E-state index is 11.6. The molecule has 2 amide bonds. The SMILES string of the molecule is CC(C)C[C@H](NC(=O)N[C@@H](CCC(=O)O)OC=O)C(=O)O. The van der Waals surface area contributed by atoms with Crippen LogP contribution in [0.1, 0.15) is 33.1 Å². The van der Waals surface area contributed by atoms with Gasteiger partial charge in [-0.25, -0.2) is 9.59 Å². The number of aliphatic carboxylic acids is 2. The summed E-state index contributed by atoms with van der Waals surface area (Å²) in [6, 6.07) is -1.93. The summed E-state index contributed by atoms with van der Waals surface area (Å²) in [7, 11) is 0. The zero-order valence-electron chi connectivity index (χ0n) is 11.9. The predicted octanol–water partition coefficient (Wildman–Crippen LogP) is 0.149. The van der Waals surface area contributed by atoms with Crippen molar-refractivity contribution in [3.8, 4) is 0 Å². The van der Waals surface area contributed by atoms with E-state index < -0.39 is 30.2 Å². The lowest BCUT2D eigenvalue weighted by Crippen LogP contribution is -2.50. The minimum absolute atomic E-state index is 0.0560. The smallest absolute Gasteiger partial charge is 0.326 e. The molecule has 0 fully saturated rings. The Morgan fingerprint density at radius 1 is 1.19 bits per heavy atom. The van der Waals surface area contributed by atoms with Gasteiger partial charge in [-0.1, -0.05) is 13.8 Å². The first-order valence-electron chi connectivity index (χ1n) is 6.37. The van der Waals surface area contributed by atoms with Crippen molar-refractivity contribution in [1.82, 2.24) is 10.6 Å². The van der Waals surface area contributed by atoms with E-state index in [9.17, 15) is 19.2 Å². The van der Waals surface area contributed by atoms with E-state index in [0.29, 0.717) is 0 Å². The number of nitrogens with one attached hydrogen (secondary N) is 2. The molecule has 0 aromatic carbocycles. The van der Waals surface area contributed by atoms with Crippen molar-refractivity contribution in [2.24, 2.45) is 5.92 Å². The van der Waals surface area contributed by atoms with Crippen LogP contribution in [0.2, 0.25) is 0 Å². The third-order valence-electron chi connectivity index (χ3n) is 2.44. The second kappa shape index (κ2) is 9.56. The molecule has 9 nitrogen and oxygen atoms in total. The molecule has 0 aromatic heterocycles. The van der Waals surface area contributed by atoms with Crippen molar-refractivity contribution in [3.05, 3.63) is 0 Å². The van der Waals surface area contributed by atoms with Crippen LogP contribution in [0.15, 0.2) is 0 Å². The van der Waals surface area contributed by atoms with Crippen LogP contribution in [0.3, 0.4) is 0 Å². The molecule has 21 heavy (non-hydrogen) atoms. The molecular weight excluding hydrogens is 284 g/mol. The first-order chi connectivity index (χ1) is 9.76. The number of ether oxygens (including phenoxy) is 1. The number of rotatable bonds is 10. The number of carboxylic acid groups (broad SMARTS) is 2. The quantitative estimate of drug-likeness (QED) is 0.332. The molecular formula is C12H20N2O7. The van der Waals surface area contributed by atoms with Gasteiger partial charge < -0.3 is 25.6 Å². The van der Waals surface area contributed by atoms with Gasteiger partial charge in [0.25, 0.3) is 6.47 Å². The highest BCUT2D eigenvalue weighted by atomic mass is 16.5. The van der Waals surface area contributed by atoms with Crippen LogP contribution < -0.4 is 10.6 Å². The Kier molecular flexibility index (Phi) is 8.51. The number of urea groups is 1. The van der Waals surface area contributed by atoms with E-state index >= 15 is 0 Å². The molecule has 0 saturated carbocycles. The van der Waals surface area contributed by atoms with E-state index in [1.54, 1.807) is 13.8 Å². The molecule has 0 spiro atoms. The van der Waals surface area contributed by atoms with Crippen LogP contribution in [0.25, 0.3) is 0 Å². The number of carbonyl (C=O) groups is 4. The Morgan fingerprint density at radius 2 is 1.81 bits per heavy atom. The lowest BCUT2D eigenvalue weighted by molar-refractivity contribution is -0.141. The van der Waals surface area contributed by atoms with Crippen molar-refractivity contribution >= 4 is 24.4 Å². The summed E-state index contributed by atoms with van der Waals surface area (Å²) in [5.41, 5.74) is 0. The average Bonchev–Trinajstić information content (AvgIpc) is 2.34. The summed E-state index contributed by atoms with van der Waals surface area (Å²) in [6.45, 7) is 3.69. The highest BCUT2D eigenvalue weighted by Crippen LogP contribution is 2.05. The summed E-state index contributed by atoms with van der Waals surface area (Å²) in [4.78, 5) is 43.3. The van der Waals surface area contributed by atoms with Crippen LogP contribution in [-0.2, 0) is 19.1 Å². The number of carbonyl (C=O) groups excluding carboxylic acids is 2. The first kappa shape index (κ1) is 18.7. The van der Waals surface area contributed by atoms with Crippen LogP contribution in [0.4, 0.5) is 4.79 Å². The number of amides is 2. The molecule has 0 unspecified atom stereocenters. The Morgan fingerprint density at radius 3 is 2.24 bits per heavy atom. The molecule has 4 N–H and O–H groups in total. The van der Waals surface area contributed by atoms with Gasteiger partial charge >= 0.3 is 18.0 Å². The van der Waals surface area contributed by atoms with Gasteiger partial charge in [0, 0.05) is 6.42 Å². The Balaban J connectivity index is 4.48. The number of hydrogen-bond acceptors (Lipinski definition) is 5. The van der Waals surface area contributed by atoms with Gasteiger partial charge in [0.1, 0.15) is 6.04 Å². The number of hydrogen-bond donors (Lipinski definition) is 4. The van der Waals surface area contributed by atoms with Crippen molar-refractivity contribution in [2.45, 2.75) is 45.4 Å². The molecule has 2 atom stereocenters. The van der Waals surface area contributed by atoms with Crippen LogP contribution in [0, 0.1) is 5.92 Å². The van der Waals surface area contributed by atoms with E-state index in [1.165, 1.54) is 0 Å². The summed E-state index contributed by atoms with van der Waals surface area (Å²) >= 11 is 0. The van der Waals surface area contributed by atoms with Crippen molar-refractivity contribution in [2.75, 3.05) is 0 Å². The average molecular weight is 304 g/mol. The van der Waals surface area contributed by atoms with Gasteiger partial charge in [0.05, 0.1) is 6.42 Å². The monoisotopic (exact) mass is 304 g/mol. The fourth-order valence-electron chi connectivity index (χ4n) is 1.53. The molecule has 0 bridgehead atoms. The Bertz CT molecular complexity index is 384. The lowest BCUT2D eigenvalue weighted by atomic mass is 10.0. The van der Waals surface area contributed by atoms with Gasteiger partial charge in [0.15, 0.2) is 6.23 Å². The molecule has 120 valence electrons. The summed E-state index contributed by atoms with van der Waals surface area (Å²) in [6.07, 6.45) is -1.33. The maximum absolute atomic E-state index is 11.6. The Labute approximate surface area is 121 Å². The normalized spacial score (nSPS) is 13.1. The van der Waals surface area contributed by atoms with E-state index in [0.717, 1.165) is 0 Å². The predicted molar refractivity (Wildman–Crippen MR) is 70.4 cm³/mol. The van der Waals surface area contributed by atoms with Crippen molar-refractivity contribution < 1.29 is 34.1 Å². The zero-order chi connectivity index (χ0) is 16.4. The topological polar surface area (TPSA) is 142 Å². The minimum Gasteiger partial charge on any atom is -0.481 e. The van der Waals surface area contributed by atoms with Crippen LogP contribution >= 0.6 is 0 Å². The highest BCUT2D eigenvalue weighted by Gasteiger charge is 2.23. The first-order valence-corrected chi connectivity index (χ1v) is 6.37. The van der Waals surface area contributed by atoms with Gasteiger partial charge in [-0.05, 0) is 12.3 Å². The van der Waals surface area contributed by atoms with Gasteiger partial charge in [-0.15, -0.1) is 0 Å². The molecule has 0 heterocycles. The highest BCUT2D eigenvalue weighted by molar-refractivity contribution is 5.82. The molecule has 0 rings (SSSR count). The van der Waals surface area contributed by atoms with Gasteiger partial charge in [-0.2, -0.15) is 0 Å². The van der Waals surface area contributed by atoms with E-state index in [2.05, 4.69) is 15.4 Å². The molecule has 0 radical (unpaired) electrons. The van der Waals surface area contributed by atoms with Crippen molar-refractivity contribution in [3.63, 3.8) is 0 Å². The standard InChI is InChI=1S/C12H20N2O7/c1-7(2)5-8(11(18)19)13-12(20)14-9(21-6-15)3-4-10(16)17/h6-9H,3-5H2,1-2H3,(H,16,17)(H,18,19)(H2,13,14,20)/t8-,9+/m0/s1. The molecule has 0 aliphatic rings. The Hall–Kier alpha value is -2.32. The van der Waals surface area contributed by atoms with E-state index in [4.69, 9.17) is 10.2 Å². The third-order valence-corrected chi connectivity index (χ3v) is 2.44. The van der Waals surface area contributed by atoms with Gasteiger partial charge in [-0.3, -0.25) is 9.59 Å². The largest absolute Gasteiger partial charge is 0.481 e. The number of carboxylic acids is 2. The lowest BCUT2D eigenvalue weighted by Gasteiger charge is -2.20. The third kappa shape index (κ3) is 9.25. The molecule has 0 aromatic rings. The molecule has 0 saturated heterocycles. The molecule has 0 aliphatic heterocycles. The van der Waals surface area contributed by atoms with E-state index in [1.807, 2.05) is 0 Å². The van der Waals surface area contributed by atoms with Gasteiger partial charge in [0.2, 0.25) is 0 Å². The molecule has 0 aliphatic carbocycles. The zero-order valence-corrected chi connectivity index (χ0v) is 11.9. The van der Waals surface area contributed by atoms with Crippen LogP contribution in [0.5, 0.6) is 0 Å². The second-order valence-electron chi connectivity index (χ2n) is 4.79. The maximum Gasteiger partial charge on any atom is 0.326 e. The second-order valence-corrected chi connectivity index (χ2v) is 4.79. The van der Waals surface area contributed by atoms with Crippen molar-refractivity contribution in [1.29, 1.82) is 0 Å². The van der Waals surface area contributed by atoms with Crippen LogP contribution in [-0.4, -0.2) is 46.9 Å². The van der Waals surface area contributed by atoms with E-state index in [-0.39, 0.29) is 31.7 Å². The fourth-order valence-corrected chi connectivity index (χ4v) is 1.53. The summed E-state index contributed by atoms with van der Waals surface area (Å²) < 4.78 is 4.52. The summed E-state index contributed by atoms with van der Waals surface area (Å²) in [5, 5.41) is 21.9. The molecule has 9 heteroatoms. The fraction of sp³-hybridized carbons (Fsp3) is 0.667. The summed E-state index contributed by atoms with van der Waals surface area (Å²) in [5.74, 6) is -2.24.